The number of fused-ring (bicyclic) bond motifs is 1. The van der Waals surface area contributed by atoms with Crippen molar-refractivity contribution in [2.24, 2.45) is 7.05 Å². The van der Waals surface area contributed by atoms with Gasteiger partial charge in [0.15, 0.2) is 0 Å². The van der Waals surface area contributed by atoms with E-state index in [4.69, 9.17) is 4.74 Å². The fourth-order valence-corrected chi connectivity index (χ4v) is 3.24. The standard InChI is InChI=1S/C17H21N5O/c1-22-7-6-18-17(22)16-14(3-2-8-23-16)19-10-12-4-5-13-11-20-21-15(13)9-12/h4-7,9,11,14,16,19H,2-3,8,10H2,1H3,(H,20,21)/t14-,16-/m0/s1. The van der Waals surface area contributed by atoms with Gasteiger partial charge >= 0.3 is 0 Å². The smallest absolute Gasteiger partial charge is 0.139 e. The van der Waals surface area contributed by atoms with Gasteiger partial charge in [0.1, 0.15) is 11.9 Å². The van der Waals surface area contributed by atoms with Gasteiger partial charge in [-0.25, -0.2) is 4.98 Å². The maximum Gasteiger partial charge on any atom is 0.139 e. The topological polar surface area (TPSA) is 67.8 Å². The molecule has 0 saturated carbocycles. The molecule has 0 aliphatic carbocycles. The second kappa shape index (κ2) is 6.14. The molecule has 4 rings (SSSR count). The lowest BCUT2D eigenvalue weighted by Gasteiger charge is -2.32. The molecule has 0 bridgehead atoms. The van der Waals surface area contributed by atoms with Crippen LogP contribution in [0.25, 0.3) is 10.9 Å². The number of nitrogens with zero attached hydrogens (tertiary/aromatic N) is 3. The molecule has 0 unspecified atom stereocenters. The molecule has 1 aliphatic rings. The van der Waals surface area contributed by atoms with Crippen molar-refractivity contribution in [3.63, 3.8) is 0 Å². The average Bonchev–Trinajstić information content (AvgIpc) is 3.21. The first-order valence-corrected chi connectivity index (χ1v) is 8.05. The first-order valence-electron chi connectivity index (χ1n) is 8.05. The summed E-state index contributed by atoms with van der Waals surface area (Å²) < 4.78 is 8.04. The number of benzene rings is 1. The normalized spacial score (nSPS) is 21.8. The molecule has 0 spiro atoms. The van der Waals surface area contributed by atoms with Crippen molar-refractivity contribution in [3.8, 4) is 0 Å². The summed E-state index contributed by atoms with van der Waals surface area (Å²) in [7, 11) is 2.02. The summed E-state index contributed by atoms with van der Waals surface area (Å²) in [4.78, 5) is 4.46. The number of nitrogens with one attached hydrogen (secondary N) is 2. The van der Waals surface area contributed by atoms with Gasteiger partial charge in [0.25, 0.3) is 0 Å². The zero-order chi connectivity index (χ0) is 15.6. The van der Waals surface area contributed by atoms with Crippen LogP contribution in [0.2, 0.25) is 0 Å². The van der Waals surface area contributed by atoms with Crippen LogP contribution in [-0.2, 0) is 18.3 Å². The minimum Gasteiger partial charge on any atom is -0.369 e. The summed E-state index contributed by atoms with van der Waals surface area (Å²) in [6.45, 7) is 1.61. The van der Waals surface area contributed by atoms with Gasteiger partial charge in [-0.3, -0.25) is 5.10 Å². The molecular formula is C17H21N5O. The van der Waals surface area contributed by atoms with Crippen LogP contribution in [0.3, 0.4) is 0 Å². The number of aryl methyl sites for hydroxylation is 1. The molecule has 1 fully saturated rings. The van der Waals surface area contributed by atoms with Crippen LogP contribution in [-0.4, -0.2) is 32.4 Å². The number of aromatic amines is 1. The second-order valence-electron chi connectivity index (χ2n) is 6.11. The predicted octanol–water partition coefficient (Wildman–Crippen LogP) is 2.31. The van der Waals surface area contributed by atoms with Gasteiger partial charge in [0.2, 0.25) is 0 Å². The number of rotatable bonds is 4. The highest BCUT2D eigenvalue weighted by Gasteiger charge is 2.29. The number of imidazole rings is 1. The van der Waals surface area contributed by atoms with E-state index in [0.717, 1.165) is 42.7 Å². The molecule has 1 aliphatic heterocycles. The quantitative estimate of drug-likeness (QED) is 0.776. The van der Waals surface area contributed by atoms with E-state index in [1.807, 2.05) is 30.2 Å². The number of hydrogen-bond donors (Lipinski definition) is 2. The Labute approximate surface area is 134 Å². The molecule has 6 nitrogen and oxygen atoms in total. The Morgan fingerprint density at radius 2 is 2.39 bits per heavy atom. The molecule has 23 heavy (non-hydrogen) atoms. The minimum absolute atomic E-state index is 0.0136. The van der Waals surface area contributed by atoms with Crippen LogP contribution < -0.4 is 5.32 Å². The summed E-state index contributed by atoms with van der Waals surface area (Å²) in [5, 5.41) is 11.9. The Morgan fingerprint density at radius 1 is 1.43 bits per heavy atom. The lowest BCUT2D eigenvalue weighted by Crippen LogP contribution is -2.40. The number of aromatic nitrogens is 4. The maximum absolute atomic E-state index is 6.00. The van der Waals surface area contributed by atoms with E-state index >= 15 is 0 Å². The van der Waals surface area contributed by atoms with E-state index in [2.05, 4.69) is 38.7 Å². The highest BCUT2D eigenvalue weighted by Crippen LogP contribution is 2.27. The lowest BCUT2D eigenvalue weighted by molar-refractivity contribution is -0.0178. The van der Waals surface area contributed by atoms with Crippen molar-refractivity contribution in [2.45, 2.75) is 31.5 Å². The van der Waals surface area contributed by atoms with E-state index < -0.39 is 0 Å². The van der Waals surface area contributed by atoms with Crippen molar-refractivity contribution in [2.75, 3.05) is 6.61 Å². The monoisotopic (exact) mass is 311 g/mol. The van der Waals surface area contributed by atoms with E-state index in [0.29, 0.717) is 0 Å². The summed E-state index contributed by atoms with van der Waals surface area (Å²) in [6.07, 6.45) is 7.84. The SMILES string of the molecule is Cn1ccnc1[C@H]1OCCC[C@@H]1NCc1ccc2cn[nH]c2c1. The number of hydrogen-bond acceptors (Lipinski definition) is 4. The summed E-state index contributed by atoms with van der Waals surface area (Å²) in [6, 6.07) is 6.67. The number of H-pyrrole nitrogens is 1. The van der Waals surface area contributed by atoms with Crippen molar-refractivity contribution in [1.82, 2.24) is 25.1 Å². The molecule has 3 heterocycles. The fraction of sp³-hybridized carbons (Fsp3) is 0.412. The van der Waals surface area contributed by atoms with E-state index in [9.17, 15) is 0 Å². The molecule has 1 aromatic carbocycles. The van der Waals surface area contributed by atoms with Crippen LogP contribution in [0.4, 0.5) is 0 Å². The second-order valence-corrected chi connectivity index (χ2v) is 6.11. The zero-order valence-electron chi connectivity index (χ0n) is 13.2. The number of ether oxygens (including phenoxy) is 1. The van der Waals surface area contributed by atoms with Gasteiger partial charge in [-0.1, -0.05) is 12.1 Å². The zero-order valence-corrected chi connectivity index (χ0v) is 13.2. The van der Waals surface area contributed by atoms with Crippen molar-refractivity contribution >= 4 is 10.9 Å². The van der Waals surface area contributed by atoms with Crippen LogP contribution in [0.15, 0.2) is 36.8 Å². The van der Waals surface area contributed by atoms with Crippen molar-refractivity contribution in [3.05, 3.63) is 48.2 Å². The molecule has 2 atom stereocenters. The third kappa shape index (κ3) is 2.87. The Hall–Kier alpha value is -2.18. The lowest BCUT2D eigenvalue weighted by atomic mass is 10.0. The maximum atomic E-state index is 6.00. The summed E-state index contributed by atoms with van der Waals surface area (Å²) in [5.41, 5.74) is 2.32. The van der Waals surface area contributed by atoms with Gasteiger partial charge in [-0.15, -0.1) is 0 Å². The molecule has 1 saturated heterocycles. The molecule has 120 valence electrons. The van der Waals surface area contributed by atoms with Crippen molar-refractivity contribution in [1.29, 1.82) is 0 Å². The van der Waals surface area contributed by atoms with Gasteiger partial charge < -0.3 is 14.6 Å². The largest absolute Gasteiger partial charge is 0.369 e. The van der Waals surface area contributed by atoms with Gasteiger partial charge in [-0.05, 0) is 24.5 Å². The third-order valence-corrected chi connectivity index (χ3v) is 4.51. The average molecular weight is 311 g/mol. The van der Waals surface area contributed by atoms with E-state index in [1.54, 1.807) is 0 Å². The Balaban J connectivity index is 1.48. The minimum atomic E-state index is 0.0136. The Morgan fingerprint density at radius 3 is 3.26 bits per heavy atom. The van der Waals surface area contributed by atoms with Gasteiger partial charge in [0.05, 0.1) is 11.7 Å². The van der Waals surface area contributed by atoms with Crippen LogP contribution in [0.5, 0.6) is 0 Å². The van der Waals surface area contributed by atoms with E-state index in [-0.39, 0.29) is 12.1 Å². The Bertz CT molecular complexity index is 793. The van der Waals surface area contributed by atoms with Crippen molar-refractivity contribution < 1.29 is 4.74 Å². The highest BCUT2D eigenvalue weighted by molar-refractivity contribution is 5.78. The van der Waals surface area contributed by atoms with E-state index in [1.165, 1.54) is 5.56 Å². The molecule has 3 aromatic rings. The summed E-state index contributed by atoms with van der Waals surface area (Å²) >= 11 is 0. The van der Waals surface area contributed by atoms with Crippen LogP contribution >= 0.6 is 0 Å². The Kier molecular flexibility index (Phi) is 3.85. The summed E-state index contributed by atoms with van der Waals surface area (Å²) in [5.74, 6) is 0.992. The highest BCUT2D eigenvalue weighted by atomic mass is 16.5. The third-order valence-electron chi connectivity index (χ3n) is 4.51. The molecule has 0 amide bonds. The fourth-order valence-electron chi connectivity index (χ4n) is 3.24. The first kappa shape index (κ1) is 14.4. The first-order chi connectivity index (χ1) is 11.3. The molecule has 6 heteroatoms. The molecule has 0 radical (unpaired) electrons. The molecular weight excluding hydrogens is 290 g/mol. The van der Waals surface area contributed by atoms with Gasteiger partial charge in [-0.2, -0.15) is 5.10 Å². The molecule has 2 N–H and O–H groups in total. The van der Waals surface area contributed by atoms with Crippen LogP contribution in [0.1, 0.15) is 30.3 Å². The van der Waals surface area contributed by atoms with Crippen LogP contribution in [0, 0.1) is 0 Å². The van der Waals surface area contributed by atoms with Gasteiger partial charge in [0, 0.05) is 44.0 Å². The molecule has 2 aromatic heterocycles. The predicted molar refractivity (Wildman–Crippen MR) is 87.9 cm³/mol.